The van der Waals surface area contributed by atoms with Gasteiger partial charge in [-0.15, -0.1) is 20.2 Å². The molecule has 0 radical (unpaired) electrons. The molecule has 0 aliphatic heterocycles. The Morgan fingerprint density at radius 2 is 0.909 bits per heavy atom. The van der Waals surface area contributed by atoms with E-state index in [2.05, 4.69) is 9.68 Å². The van der Waals surface area contributed by atoms with E-state index in [1.807, 2.05) is 0 Å². The summed E-state index contributed by atoms with van der Waals surface area (Å²) in [6, 6.07) is 0. The van der Waals surface area contributed by atoms with Gasteiger partial charge in [-0.1, -0.05) is 0 Å². The second-order valence-electron chi connectivity index (χ2n) is 3.55. The van der Waals surface area contributed by atoms with E-state index in [4.69, 9.17) is 0 Å². The SMILES string of the molecule is O=[N+]([O-])OCC(F)(F)C(F)(F)C(F)(F)C(F)(F)CO[N+](=O)[O-]. The summed E-state index contributed by atoms with van der Waals surface area (Å²) in [5.41, 5.74) is 0. The Balaban J connectivity index is 5.43. The highest BCUT2D eigenvalue weighted by molar-refractivity contribution is 5.03. The molecule has 0 heterocycles. The molecule has 0 N–H and O–H groups in total. The van der Waals surface area contributed by atoms with Gasteiger partial charge in [-0.05, 0) is 0 Å². The molecule has 0 spiro atoms. The van der Waals surface area contributed by atoms with Crippen molar-refractivity contribution in [3.8, 4) is 0 Å². The fraction of sp³-hybridized carbons (Fsp3) is 1.00. The zero-order valence-electron chi connectivity index (χ0n) is 9.78. The maximum absolute atomic E-state index is 12.9. The van der Waals surface area contributed by atoms with Crippen LogP contribution in [0.3, 0.4) is 0 Å². The molecule has 0 bridgehead atoms. The van der Waals surface area contributed by atoms with Crippen LogP contribution in [0.1, 0.15) is 0 Å². The molecule has 0 saturated carbocycles. The zero-order chi connectivity index (χ0) is 18.0. The molecular formula is C6H4F8N2O6. The van der Waals surface area contributed by atoms with Crippen LogP contribution in [-0.4, -0.2) is 47.1 Å². The lowest BCUT2D eigenvalue weighted by molar-refractivity contribution is -0.764. The first-order valence-electron chi connectivity index (χ1n) is 4.64. The first-order valence-corrected chi connectivity index (χ1v) is 4.64. The maximum atomic E-state index is 12.9. The Morgan fingerprint density at radius 3 is 1.09 bits per heavy atom. The van der Waals surface area contributed by atoms with Crippen LogP contribution in [-0.2, 0) is 9.68 Å². The van der Waals surface area contributed by atoms with Crippen LogP contribution in [0.25, 0.3) is 0 Å². The highest BCUT2D eigenvalue weighted by atomic mass is 19.4. The molecule has 0 aromatic heterocycles. The number of halogens is 8. The maximum Gasteiger partial charge on any atom is 0.380 e. The molecule has 0 unspecified atom stereocenters. The van der Waals surface area contributed by atoms with Crippen molar-refractivity contribution in [2.75, 3.05) is 13.2 Å². The first-order chi connectivity index (χ1) is 9.58. The van der Waals surface area contributed by atoms with E-state index in [-0.39, 0.29) is 0 Å². The monoisotopic (exact) mass is 352 g/mol. The summed E-state index contributed by atoms with van der Waals surface area (Å²) in [6.45, 7) is -5.90. The molecule has 0 saturated heterocycles. The summed E-state index contributed by atoms with van der Waals surface area (Å²) < 4.78 is 103. The summed E-state index contributed by atoms with van der Waals surface area (Å²) >= 11 is 0. The van der Waals surface area contributed by atoms with Gasteiger partial charge in [0.15, 0.2) is 13.2 Å². The van der Waals surface area contributed by atoms with E-state index in [9.17, 15) is 55.4 Å². The third-order valence-corrected chi connectivity index (χ3v) is 2.02. The largest absolute Gasteiger partial charge is 0.380 e. The fourth-order valence-corrected chi connectivity index (χ4v) is 0.908. The molecular weight excluding hydrogens is 348 g/mol. The van der Waals surface area contributed by atoms with Crippen molar-refractivity contribution in [2.24, 2.45) is 0 Å². The number of nitrogens with zero attached hydrogens (tertiary/aromatic N) is 2. The Morgan fingerprint density at radius 1 is 0.682 bits per heavy atom. The van der Waals surface area contributed by atoms with E-state index in [0.29, 0.717) is 0 Å². The zero-order valence-corrected chi connectivity index (χ0v) is 9.78. The van der Waals surface area contributed by atoms with Gasteiger partial charge in [0, 0.05) is 0 Å². The van der Waals surface area contributed by atoms with Gasteiger partial charge < -0.3 is 9.68 Å². The van der Waals surface area contributed by atoms with Gasteiger partial charge in [-0.25, -0.2) is 0 Å². The van der Waals surface area contributed by atoms with Crippen LogP contribution in [0, 0.1) is 20.2 Å². The number of alkyl halides is 8. The van der Waals surface area contributed by atoms with Crippen LogP contribution >= 0.6 is 0 Å². The van der Waals surface area contributed by atoms with Crippen LogP contribution in [0.4, 0.5) is 35.1 Å². The summed E-state index contributed by atoms with van der Waals surface area (Å²) in [4.78, 5) is 24.7. The molecule has 0 aromatic carbocycles. The lowest BCUT2D eigenvalue weighted by Gasteiger charge is -2.35. The van der Waals surface area contributed by atoms with E-state index in [0.717, 1.165) is 0 Å². The second kappa shape index (κ2) is 5.91. The number of hydrogen-bond donors (Lipinski definition) is 0. The third kappa shape index (κ3) is 3.73. The first kappa shape index (κ1) is 19.8. The molecule has 0 fully saturated rings. The number of hydrogen-bond acceptors (Lipinski definition) is 6. The molecule has 130 valence electrons. The summed E-state index contributed by atoms with van der Waals surface area (Å²) in [5, 5.41) is 15.1. The minimum atomic E-state index is -6.85. The second-order valence-corrected chi connectivity index (χ2v) is 3.55. The summed E-state index contributed by atoms with van der Waals surface area (Å²) in [7, 11) is 0. The average Bonchev–Trinajstić information content (AvgIpc) is 2.33. The van der Waals surface area contributed by atoms with Gasteiger partial charge in [-0.2, -0.15) is 35.1 Å². The minimum absolute atomic E-state index is 2.05. The molecule has 0 rings (SSSR count). The Kier molecular flexibility index (Phi) is 5.33. The van der Waals surface area contributed by atoms with Crippen molar-refractivity contribution in [3.05, 3.63) is 20.2 Å². The van der Waals surface area contributed by atoms with Crippen LogP contribution in [0.5, 0.6) is 0 Å². The fourth-order valence-electron chi connectivity index (χ4n) is 0.908. The van der Waals surface area contributed by atoms with Crippen LogP contribution in [0.2, 0.25) is 0 Å². The third-order valence-electron chi connectivity index (χ3n) is 2.02. The lowest BCUT2D eigenvalue weighted by Crippen LogP contribution is -2.64. The quantitative estimate of drug-likeness (QED) is 0.357. The van der Waals surface area contributed by atoms with Crippen molar-refractivity contribution < 1.29 is 55.0 Å². The van der Waals surface area contributed by atoms with Gasteiger partial charge in [-0.3, -0.25) is 0 Å². The normalized spacial score (nSPS) is 13.6. The minimum Gasteiger partial charge on any atom is -0.307 e. The molecule has 0 aliphatic carbocycles. The molecule has 8 nitrogen and oxygen atoms in total. The molecule has 0 aliphatic rings. The number of rotatable bonds is 9. The van der Waals surface area contributed by atoms with Crippen molar-refractivity contribution >= 4 is 0 Å². The van der Waals surface area contributed by atoms with E-state index in [1.165, 1.54) is 0 Å². The standard InChI is InChI=1S/C6H4F8N2O6/c7-3(8,1-21-15(17)18)5(11,12)6(13,14)4(9,10)2-22-16(19)20/h1-2H2. The Hall–Kier alpha value is -2.16. The van der Waals surface area contributed by atoms with Crippen molar-refractivity contribution in [1.82, 2.24) is 0 Å². The molecule has 0 amide bonds. The van der Waals surface area contributed by atoms with Crippen LogP contribution < -0.4 is 0 Å². The topological polar surface area (TPSA) is 105 Å². The van der Waals surface area contributed by atoms with Gasteiger partial charge in [0.25, 0.3) is 10.2 Å². The van der Waals surface area contributed by atoms with Gasteiger partial charge in [0.2, 0.25) is 0 Å². The van der Waals surface area contributed by atoms with E-state index in [1.54, 1.807) is 0 Å². The van der Waals surface area contributed by atoms with Gasteiger partial charge in [0.1, 0.15) is 0 Å². The molecule has 0 aromatic rings. The molecule has 16 heteroatoms. The molecule has 0 atom stereocenters. The Bertz CT molecular complexity index is 403. The Labute approximate surface area is 113 Å². The summed E-state index contributed by atoms with van der Waals surface area (Å²) in [5.74, 6) is -25.9. The highest BCUT2D eigenvalue weighted by Crippen LogP contribution is 2.52. The van der Waals surface area contributed by atoms with Crippen molar-refractivity contribution in [3.63, 3.8) is 0 Å². The van der Waals surface area contributed by atoms with Crippen molar-refractivity contribution in [1.29, 1.82) is 0 Å². The lowest BCUT2D eigenvalue weighted by atomic mass is 9.99. The van der Waals surface area contributed by atoms with E-state index >= 15 is 0 Å². The van der Waals surface area contributed by atoms with Crippen LogP contribution in [0.15, 0.2) is 0 Å². The van der Waals surface area contributed by atoms with E-state index < -0.39 is 47.1 Å². The van der Waals surface area contributed by atoms with Gasteiger partial charge in [0.05, 0.1) is 0 Å². The summed E-state index contributed by atoms with van der Waals surface area (Å²) in [6.07, 6.45) is 0. The average molecular weight is 352 g/mol. The predicted octanol–water partition coefficient (Wildman–Crippen LogP) is 1.94. The predicted molar refractivity (Wildman–Crippen MR) is 45.7 cm³/mol. The highest BCUT2D eigenvalue weighted by Gasteiger charge is 2.80. The smallest absolute Gasteiger partial charge is 0.307 e. The van der Waals surface area contributed by atoms with Crippen molar-refractivity contribution in [2.45, 2.75) is 23.7 Å². The molecule has 22 heavy (non-hydrogen) atoms. The van der Waals surface area contributed by atoms with Gasteiger partial charge >= 0.3 is 23.7 Å².